The first-order valence-corrected chi connectivity index (χ1v) is 10.6. The summed E-state index contributed by atoms with van der Waals surface area (Å²) in [6.07, 6.45) is 0.141. The van der Waals surface area contributed by atoms with Crippen molar-refractivity contribution in [3.8, 4) is 0 Å². The van der Waals surface area contributed by atoms with E-state index < -0.39 is 36.0 Å². The first kappa shape index (κ1) is 24.1. The number of aliphatic carboxylic acids is 1. The first-order valence-electron chi connectivity index (χ1n) is 10.2. The number of halogens is 1. The molecule has 3 rings (SSSR count). The quantitative estimate of drug-likeness (QED) is 0.390. The molecule has 0 saturated heterocycles. The van der Waals surface area contributed by atoms with Crippen LogP contribution >= 0.6 is 11.6 Å². The average molecular weight is 474 g/mol. The lowest BCUT2D eigenvalue weighted by Gasteiger charge is -2.24. The molecule has 2 aromatic rings. The maximum Gasteiger partial charge on any atom is 0.408 e. The minimum absolute atomic E-state index is 0.0248. The van der Waals surface area contributed by atoms with Crippen LogP contribution in [0.15, 0.2) is 71.9 Å². The van der Waals surface area contributed by atoms with Gasteiger partial charge in [-0.25, -0.2) is 4.79 Å². The Morgan fingerprint density at radius 3 is 2.27 bits per heavy atom. The van der Waals surface area contributed by atoms with Crippen molar-refractivity contribution in [2.45, 2.75) is 25.2 Å². The molecule has 4 N–H and O–H groups in total. The maximum atomic E-state index is 13.0. The van der Waals surface area contributed by atoms with E-state index >= 15 is 0 Å². The van der Waals surface area contributed by atoms with Crippen LogP contribution in [0.2, 0.25) is 0 Å². The highest BCUT2D eigenvalue weighted by atomic mass is 35.5. The Bertz CT molecular complexity index is 986. The van der Waals surface area contributed by atoms with E-state index in [-0.39, 0.29) is 24.7 Å². The molecule has 2 unspecified atom stereocenters. The van der Waals surface area contributed by atoms with Gasteiger partial charge in [0.25, 0.3) is 0 Å². The summed E-state index contributed by atoms with van der Waals surface area (Å²) in [5.41, 5.74) is 3.91. The van der Waals surface area contributed by atoms with E-state index in [0.717, 1.165) is 5.56 Å². The van der Waals surface area contributed by atoms with E-state index in [4.69, 9.17) is 21.2 Å². The number of carboxylic acid groups (broad SMARTS) is 1. The van der Waals surface area contributed by atoms with Crippen LogP contribution in [-0.2, 0) is 32.2 Å². The lowest BCUT2D eigenvalue weighted by Crippen LogP contribution is -2.54. The average Bonchev–Trinajstić information content (AvgIpc) is 3.24. The van der Waals surface area contributed by atoms with Crippen LogP contribution in [0.4, 0.5) is 4.79 Å². The van der Waals surface area contributed by atoms with Crippen molar-refractivity contribution in [3.05, 3.63) is 83.0 Å². The molecule has 1 heterocycles. The van der Waals surface area contributed by atoms with Gasteiger partial charge in [0, 0.05) is 0 Å². The Morgan fingerprint density at radius 2 is 1.70 bits per heavy atom. The van der Waals surface area contributed by atoms with E-state index in [1.165, 1.54) is 0 Å². The molecule has 0 fully saturated rings. The maximum absolute atomic E-state index is 13.0. The topological polar surface area (TPSA) is 126 Å². The van der Waals surface area contributed by atoms with Crippen LogP contribution in [0.1, 0.15) is 11.1 Å². The van der Waals surface area contributed by atoms with Crippen LogP contribution in [-0.4, -0.2) is 41.8 Å². The van der Waals surface area contributed by atoms with Crippen LogP contribution in [0.3, 0.4) is 0 Å². The zero-order chi connectivity index (χ0) is 23.6. The molecule has 0 aliphatic carbocycles. The molecule has 0 radical (unpaired) electrons. The Morgan fingerprint density at radius 1 is 1.06 bits per heavy atom. The molecule has 0 aromatic heterocycles. The van der Waals surface area contributed by atoms with E-state index in [0.29, 0.717) is 5.56 Å². The normalized spacial score (nSPS) is 16.6. The van der Waals surface area contributed by atoms with E-state index in [2.05, 4.69) is 16.1 Å². The summed E-state index contributed by atoms with van der Waals surface area (Å²) in [6.45, 7) is -0.000709. The van der Waals surface area contributed by atoms with Crippen molar-refractivity contribution in [1.29, 1.82) is 0 Å². The second-order valence-corrected chi connectivity index (χ2v) is 7.74. The van der Waals surface area contributed by atoms with Gasteiger partial charge in [0.05, 0.1) is 12.5 Å². The molecule has 2 amide bonds. The summed E-state index contributed by atoms with van der Waals surface area (Å²) in [5, 5.41) is 15.2. The van der Waals surface area contributed by atoms with Crippen LogP contribution in [0.5, 0.6) is 0 Å². The number of carbonyl (C=O) groups excluding carboxylic acids is 2. The van der Waals surface area contributed by atoms with Crippen molar-refractivity contribution < 1.29 is 29.1 Å². The fourth-order valence-corrected chi connectivity index (χ4v) is 3.42. The van der Waals surface area contributed by atoms with E-state index in [1.54, 1.807) is 60.7 Å². The van der Waals surface area contributed by atoms with Crippen molar-refractivity contribution in [2.24, 2.45) is 5.92 Å². The number of rotatable bonds is 10. The lowest BCUT2D eigenvalue weighted by molar-refractivity contribution is -0.145. The Balaban J connectivity index is 1.70. The predicted molar refractivity (Wildman–Crippen MR) is 120 cm³/mol. The van der Waals surface area contributed by atoms with Crippen LogP contribution in [0, 0.1) is 5.92 Å². The zero-order valence-corrected chi connectivity index (χ0v) is 18.3. The monoisotopic (exact) mass is 473 g/mol. The minimum Gasteiger partial charge on any atom is -0.481 e. The molecule has 2 aromatic carbocycles. The predicted octanol–water partition coefficient (Wildman–Crippen LogP) is 2.32. The fourth-order valence-electron chi connectivity index (χ4n) is 3.23. The van der Waals surface area contributed by atoms with Gasteiger partial charge in [0.15, 0.2) is 0 Å². The van der Waals surface area contributed by atoms with Crippen LogP contribution in [0.25, 0.3) is 0 Å². The standard InChI is InChI=1S/C23H24ClN3O6/c24-19-12-17(33-27-19)13-25-21(28)20(18(22(29)30)11-15-7-3-1-4-8-15)26-23(31)32-14-16-9-5-2-6-10-16/h1-10,12,17-18,20,27H,11,13-14H2,(H,25,28)(H,26,31)(H,29,30)/t17?,18?,20-/m0/s1. The summed E-state index contributed by atoms with van der Waals surface area (Å²) < 4.78 is 5.20. The third-order valence-electron chi connectivity index (χ3n) is 4.90. The van der Waals surface area contributed by atoms with E-state index in [1.807, 2.05) is 6.07 Å². The summed E-state index contributed by atoms with van der Waals surface area (Å²) in [6, 6.07) is 16.4. The molecular formula is C23H24ClN3O6. The number of nitrogens with one attached hydrogen (secondary N) is 3. The number of hydrogen-bond acceptors (Lipinski definition) is 6. The number of ether oxygens (including phenoxy) is 1. The molecule has 33 heavy (non-hydrogen) atoms. The van der Waals surface area contributed by atoms with E-state index in [9.17, 15) is 19.5 Å². The summed E-state index contributed by atoms with van der Waals surface area (Å²) in [4.78, 5) is 42.6. The molecule has 0 bridgehead atoms. The highest BCUT2D eigenvalue weighted by molar-refractivity contribution is 6.29. The summed E-state index contributed by atoms with van der Waals surface area (Å²) in [7, 11) is 0. The number of hydrogen-bond donors (Lipinski definition) is 4. The molecule has 1 aliphatic rings. The summed E-state index contributed by atoms with van der Waals surface area (Å²) in [5.74, 6) is -3.16. The molecule has 3 atom stereocenters. The molecule has 0 spiro atoms. The van der Waals surface area contributed by atoms with Gasteiger partial charge in [-0.3, -0.25) is 19.9 Å². The number of carbonyl (C=O) groups is 3. The van der Waals surface area contributed by atoms with Gasteiger partial charge in [-0.05, 0) is 23.6 Å². The molecule has 9 nitrogen and oxygen atoms in total. The highest BCUT2D eigenvalue weighted by Crippen LogP contribution is 2.15. The van der Waals surface area contributed by atoms with Crippen molar-refractivity contribution in [1.82, 2.24) is 16.1 Å². The van der Waals surface area contributed by atoms with Gasteiger partial charge in [-0.2, -0.15) is 0 Å². The van der Waals surface area contributed by atoms with Gasteiger partial charge in [-0.15, -0.1) is 0 Å². The van der Waals surface area contributed by atoms with Gasteiger partial charge in [0.2, 0.25) is 5.91 Å². The SMILES string of the molecule is O=C(N[C@H](C(=O)NCC1C=C(Cl)NO1)C(Cc1ccccc1)C(=O)O)OCc1ccccc1. The molecule has 0 saturated carbocycles. The van der Waals surface area contributed by atoms with Gasteiger partial charge in [-0.1, -0.05) is 72.3 Å². The smallest absolute Gasteiger partial charge is 0.408 e. The third-order valence-corrected chi connectivity index (χ3v) is 5.11. The third kappa shape index (κ3) is 7.51. The lowest BCUT2D eigenvalue weighted by atomic mass is 9.91. The number of amides is 2. The summed E-state index contributed by atoms with van der Waals surface area (Å²) >= 11 is 5.78. The second kappa shape index (κ2) is 11.9. The number of benzene rings is 2. The zero-order valence-electron chi connectivity index (χ0n) is 17.6. The second-order valence-electron chi connectivity index (χ2n) is 7.34. The largest absolute Gasteiger partial charge is 0.481 e. The fraction of sp³-hybridized carbons (Fsp3) is 0.261. The number of alkyl carbamates (subject to hydrolysis) is 1. The van der Waals surface area contributed by atoms with Gasteiger partial charge >= 0.3 is 12.1 Å². The highest BCUT2D eigenvalue weighted by Gasteiger charge is 2.36. The number of carboxylic acids is 1. The molecule has 174 valence electrons. The van der Waals surface area contributed by atoms with Gasteiger partial charge < -0.3 is 20.5 Å². The Hall–Kier alpha value is -3.56. The first-order chi connectivity index (χ1) is 15.9. The van der Waals surface area contributed by atoms with Crippen LogP contribution < -0.4 is 16.1 Å². The Kier molecular flexibility index (Phi) is 8.68. The molecule has 10 heteroatoms. The van der Waals surface area contributed by atoms with Crippen molar-refractivity contribution >= 4 is 29.6 Å². The minimum atomic E-state index is -1.39. The van der Waals surface area contributed by atoms with Crippen molar-refractivity contribution in [2.75, 3.05) is 6.54 Å². The number of hydroxylamine groups is 1. The molecule has 1 aliphatic heterocycles. The van der Waals surface area contributed by atoms with Gasteiger partial charge in [0.1, 0.15) is 23.9 Å². The molecular weight excluding hydrogens is 450 g/mol. The van der Waals surface area contributed by atoms with Crippen molar-refractivity contribution in [3.63, 3.8) is 0 Å². The Labute approximate surface area is 195 Å².